The molecular formula is C15H15F2N. The maximum absolute atomic E-state index is 13.4. The molecule has 2 aromatic carbocycles. The zero-order valence-electron chi connectivity index (χ0n) is 11.7. The largest absolute Gasteiger partial charge is 0.330 e. The Labute approximate surface area is 108 Å². The van der Waals surface area contributed by atoms with Crippen molar-refractivity contribution in [2.45, 2.75) is 12.3 Å². The summed E-state index contributed by atoms with van der Waals surface area (Å²) in [5, 5.41) is 0. The van der Waals surface area contributed by atoms with E-state index in [4.69, 9.17) is 8.48 Å². The summed E-state index contributed by atoms with van der Waals surface area (Å²) in [5.41, 5.74) is 6.09. The van der Waals surface area contributed by atoms with E-state index >= 15 is 0 Å². The van der Waals surface area contributed by atoms with Crippen molar-refractivity contribution >= 4 is 0 Å². The first-order valence-electron chi connectivity index (χ1n) is 6.70. The van der Waals surface area contributed by atoms with Gasteiger partial charge in [0, 0.05) is 8.64 Å². The lowest BCUT2D eigenvalue weighted by Gasteiger charge is -2.17. The average Bonchev–Trinajstić information content (AvgIpc) is 2.45. The molecule has 2 N–H and O–H groups in total. The maximum Gasteiger partial charge on any atom is 0.123 e. The summed E-state index contributed by atoms with van der Waals surface area (Å²) in [7, 11) is 0. The number of nitrogens with two attached hydrogens (primary N) is 1. The lowest BCUT2D eigenvalue weighted by molar-refractivity contribution is 0.614. The molecule has 1 nitrogen and oxygen atoms in total. The Morgan fingerprint density at radius 3 is 1.94 bits per heavy atom. The molecule has 2 rings (SSSR count). The van der Waals surface area contributed by atoms with Crippen LogP contribution in [-0.4, -0.2) is 6.54 Å². The number of hydrogen-bond acceptors (Lipinski definition) is 1. The van der Waals surface area contributed by atoms with Crippen LogP contribution < -0.4 is 5.73 Å². The first kappa shape index (κ1) is 10.2. The van der Waals surface area contributed by atoms with Gasteiger partial charge in [0.25, 0.3) is 0 Å². The third kappa shape index (κ3) is 2.93. The Morgan fingerprint density at radius 2 is 1.56 bits per heavy atom. The Hall–Kier alpha value is -1.74. The number of rotatable bonds is 4. The van der Waals surface area contributed by atoms with E-state index in [1.165, 1.54) is 36.4 Å². The minimum absolute atomic E-state index is 0.0868. The van der Waals surface area contributed by atoms with Crippen LogP contribution in [0, 0.1) is 11.6 Å². The van der Waals surface area contributed by atoms with Gasteiger partial charge in [0.1, 0.15) is 11.6 Å². The summed E-state index contributed by atoms with van der Waals surface area (Å²) in [6.07, 6.45) is -1.04. The van der Waals surface area contributed by atoms with Crippen molar-refractivity contribution in [2.75, 3.05) is 6.54 Å². The maximum atomic E-state index is 13.4. The van der Waals surface area contributed by atoms with Gasteiger partial charge in [0.2, 0.25) is 0 Å². The monoisotopic (exact) mass is 249 g/mol. The van der Waals surface area contributed by atoms with Crippen LogP contribution in [0.3, 0.4) is 0 Å². The van der Waals surface area contributed by atoms with Gasteiger partial charge in [-0.1, -0.05) is 24.3 Å². The standard InChI is InChI=1S/C15H15F2N/c16-13-5-1-3-11(9-13)15(7-8-18)12-4-2-6-14(17)10-12/h1-6,9-10,15H,7-8,18H2/i7D,15D. The van der Waals surface area contributed by atoms with E-state index in [9.17, 15) is 8.78 Å². The average molecular weight is 249 g/mol. The fraction of sp³-hybridized carbons (Fsp3) is 0.200. The van der Waals surface area contributed by atoms with Gasteiger partial charge in [-0.2, -0.15) is 0 Å². The Kier molecular flexibility index (Phi) is 3.25. The molecule has 1 unspecified atom stereocenters. The second-order valence-corrected chi connectivity index (χ2v) is 3.87. The summed E-state index contributed by atoms with van der Waals surface area (Å²) in [6.45, 7) is -0.0868. The van der Waals surface area contributed by atoms with Crippen molar-refractivity contribution in [2.24, 2.45) is 5.73 Å². The fourth-order valence-electron chi connectivity index (χ4n) is 1.83. The number of halogens is 2. The van der Waals surface area contributed by atoms with Gasteiger partial charge < -0.3 is 5.73 Å². The normalized spacial score (nSPS) is 14.8. The fourth-order valence-corrected chi connectivity index (χ4v) is 1.83. The molecule has 0 saturated carbocycles. The molecule has 0 saturated heterocycles. The van der Waals surface area contributed by atoms with Crippen LogP contribution in [0.25, 0.3) is 0 Å². The van der Waals surface area contributed by atoms with Crippen molar-refractivity contribution in [1.29, 1.82) is 0 Å². The lowest BCUT2D eigenvalue weighted by atomic mass is 9.88. The lowest BCUT2D eigenvalue weighted by Crippen LogP contribution is -2.09. The predicted molar refractivity (Wildman–Crippen MR) is 68.3 cm³/mol. The van der Waals surface area contributed by atoms with E-state index in [1.54, 1.807) is 12.1 Å². The zero-order valence-corrected chi connectivity index (χ0v) is 9.74. The molecule has 0 aliphatic rings. The molecule has 0 aliphatic heterocycles. The molecule has 2 aromatic rings. The Balaban J connectivity index is 2.62. The van der Waals surface area contributed by atoms with Crippen LogP contribution in [0.4, 0.5) is 8.78 Å². The van der Waals surface area contributed by atoms with Gasteiger partial charge in [0.15, 0.2) is 0 Å². The van der Waals surface area contributed by atoms with Gasteiger partial charge >= 0.3 is 0 Å². The van der Waals surface area contributed by atoms with Gasteiger partial charge in [-0.15, -0.1) is 0 Å². The highest BCUT2D eigenvalue weighted by Gasteiger charge is 2.14. The van der Waals surface area contributed by atoms with Crippen LogP contribution in [0.1, 0.15) is 26.2 Å². The van der Waals surface area contributed by atoms with Crippen molar-refractivity contribution in [3.05, 3.63) is 71.3 Å². The van der Waals surface area contributed by atoms with E-state index in [-0.39, 0.29) is 17.7 Å². The molecule has 0 spiro atoms. The highest BCUT2D eigenvalue weighted by Crippen LogP contribution is 2.28. The molecule has 0 radical (unpaired) electrons. The molecule has 0 aliphatic carbocycles. The molecule has 1 atom stereocenters. The van der Waals surface area contributed by atoms with Crippen LogP contribution in [0.2, 0.25) is 0 Å². The molecule has 0 fully saturated rings. The highest BCUT2D eigenvalue weighted by atomic mass is 19.1. The highest BCUT2D eigenvalue weighted by molar-refractivity contribution is 5.33. The molecule has 0 bridgehead atoms. The molecule has 18 heavy (non-hydrogen) atoms. The number of hydrogen-bond donors (Lipinski definition) is 1. The Morgan fingerprint density at radius 1 is 1.06 bits per heavy atom. The molecule has 94 valence electrons. The van der Waals surface area contributed by atoms with Gasteiger partial charge in [-0.25, -0.2) is 8.78 Å². The van der Waals surface area contributed by atoms with E-state index in [2.05, 4.69) is 0 Å². The summed E-state index contributed by atoms with van der Waals surface area (Å²) in [5.74, 6) is -2.61. The van der Waals surface area contributed by atoms with Gasteiger partial charge in [-0.3, -0.25) is 0 Å². The smallest absolute Gasteiger partial charge is 0.123 e. The molecule has 0 aromatic heterocycles. The van der Waals surface area contributed by atoms with Gasteiger partial charge in [-0.05, 0) is 48.3 Å². The second kappa shape index (κ2) is 5.74. The first-order chi connectivity index (χ1) is 9.48. The SMILES string of the molecule is [2H]C(CN)C([2H])(c1cccc(F)c1)c1cccc(F)c1. The summed E-state index contributed by atoms with van der Waals surface area (Å²) in [6, 6.07) is 10.9. The van der Waals surface area contributed by atoms with E-state index in [1.807, 2.05) is 0 Å². The molecule has 3 heteroatoms. The molecule has 0 heterocycles. The van der Waals surface area contributed by atoms with Crippen molar-refractivity contribution in [1.82, 2.24) is 0 Å². The van der Waals surface area contributed by atoms with Crippen LogP contribution in [0.15, 0.2) is 48.5 Å². The van der Waals surface area contributed by atoms with Crippen LogP contribution in [0.5, 0.6) is 0 Å². The van der Waals surface area contributed by atoms with E-state index in [0.717, 1.165) is 0 Å². The van der Waals surface area contributed by atoms with E-state index < -0.39 is 23.9 Å². The summed E-state index contributed by atoms with van der Waals surface area (Å²) in [4.78, 5) is 0. The Bertz CT molecular complexity index is 558. The van der Waals surface area contributed by atoms with Crippen molar-refractivity contribution in [3.63, 3.8) is 0 Å². The molecule has 0 amide bonds. The van der Waals surface area contributed by atoms with Gasteiger partial charge in [0.05, 0.1) is 0 Å². The third-order valence-corrected chi connectivity index (χ3v) is 2.59. The van der Waals surface area contributed by atoms with Crippen LogP contribution >= 0.6 is 0 Å². The first-order valence-corrected chi connectivity index (χ1v) is 5.63. The van der Waals surface area contributed by atoms with Crippen molar-refractivity contribution in [3.8, 4) is 0 Å². The minimum Gasteiger partial charge on any atom is -0.330 e. The van der Waals surface area contributed by atoms with Crippen molar-refractivity contribution < 1.29 is 11.5 Å². The number of benzene rings is 2. The topological polar surface area (TPSA) is 26.0 Å². The van der Waals surface area contributed by atoms with Crippen LogP contribution in [-0.2, 0) is 0 Å². The summed E-state index contributed by atoms with van der Waals surface area (Å²) < 4.78 is 43.5. The third-order valence-electron chi connectivity index (χ3n) is 2.59. The summed E-state index contributed by atoms with van der Waals surface area (Å²) >= 11 is 0. The molecular weight excluding hydrogens is 232 g/mol. The quantitative estimate of drug-likeness (QED) is 0.882. The predicted octanol–water partition coefficient (Wildman–Crippen LogP) is 3.45. The van der Waals surface area contributed by atoms with E-state index in [0.29, 0.717) is 0 Å². The zero-order chi connectivity index (χ0) is 14.8. The second-order valence-electron chi connectivity index (χ2n) is 3.87. The minimum atomic E-state index is -1.61.